The predicted octanol–water partition coefficient (Wildman–Crippen LogP) is 3.44. The van der Waals surface area contributed by atoms with Crippen LogP contribution in [-0.4, -0.2) is 64.6 Å². The lowest BCUT2D eigenvalue weighted by Crippen LogP contribution is -2.59. The Kier molecular flexibility index (Phi) is 4.95. The second-order valence-corrected chi connectivity index (χ2v) is 9.01. The van der Waals surface area contributed by atoms with Crippen molar-refractivity contribution in [3.8, 4) is 0 Å². The number of pyridine rings is 1. The summed E-state index contributed by atoms with van der Waals surface area (Å²) < 4.78 is 7.45. The van der Waals surface area contributed by atoms with Crippen LogP contribution < -0.4 is 4.90 Å². The molecular formula is C21H30N4O3. The molecule has 4 heterocycles. The maximum Gasteiger partial charge on any atom is 0.407 e. The van der Waals surface area contributed by atoms with Crippen LogP contribution in [0.5, 0.6) is 0 Å². The Labute approximate surface area is 165 Å². The second-order valence-electron chi connectivity index (χ2n) is 9.01. The molecule has 152 valence electrons. The summed E-state index contributed by atoms with van der Waals surface area (Å²) >= 11 is 0. The van der Waals surface area contributed by atoms with Gasteiger partial charge in [-0.3, -0.25) is 0 Å². The fraction of sp³-hybridized carbons (Fsp3) is 0.619. The van der Waals surface area contributed by atoms with Gasteiger partial charge in [0.25, 0.3) is 0 Å². The highest BCUT2D eigenvalue weighted by Crippen LogP contribution is 2.33. The van der Waals surface area contributed by atoms with Gasteiger partial charge in [0.1, 0.15) is 0 Å². The van der Waals surface area contributed by atoms with E-state index in [1.165, 1.54) is 5.56 Å². The number of aromatic nitrogens is 2. The molecule has 2 aromatic heterocycles. The molecule has 0 aliphatic carbocycles. The molecular weight excluding hydrogens is 356 g/mol. The smallest absolute Gasteiger partial charge is 0.407 e. The fourth-order valence-electron chi connectivity index (χ4n) is 4.47. The van der Waals surface area contributed by atoms with Crippen LogP contribution in [0.4, 0.5) is 10.5 Å². The van der Waals surface area contributed by atoms with E-state index in [0.717, 1.165) is 37.3 Å². The largest absolute Gasteiger partial charge is 0.465 e. The third-order valence-corrected chi connectivity index (χ3v) is 6.18. The van der Waals surface area contributed by atoms with Crippen LogP contribution in [0.1, 0.15) is 45.1 Å². The highest BCUT2D eigenvalue weighted by atomic mass is 16.5. The summed E-state index contributed by atoms with van der Waals surface area (Å²) in [5.41, 5.74) is 3.34. The van der Waals surface area contributed by atoms with Crippen LogP contribution in [0.3, 0.4) is 0 Å². The van der Waals surface area contributed by atoms with E-state index in [1.54, 1.807) is 4.90 Å². The van der Waals surface area contributed by atoms with Gasteiger partial charge in [-0.2, -0.15) is 5.10 Å². The molecule has 2 aromatic rings. The average Bonchev–Trinajstić information content (AvgIpc) is 3.10. The number of ether oxygens (including phenoxy) is 1. The molecule has 7 nitrogen and oxygen atoms in total. The number of piperazine rings is 1. The number of anilines is 1. The predicted molar refractivity (Wildman–Crippen MR) is 108 cm³/mol. The minimum atomic E-state index is -0.833. The first-order valence-corrected chi connectivity index (χ1v) is 10.1. The summed E-state index contributed by atoms with van der Waals surface area (Å²) in [6.07, 6.45) is 5.34. The lowest BCUT2D eigenvalue weighted by Gasteiger charge is -2.46. The molecule has 1 atom stereocenters. The van der Waals surface area contributed by atoms with Gasteiger partial charge in [0, 0.05) is 39.0 Å². The van der Waals surface area contributed by atoms with Gasteiger partial charge in [0.05, 0.1) is 23.4 Å². The van der Waals surface area contributed by atoms with Crippen molar-refractivity contribution < 1.29 is 14.6 Å². The highest BCUT2D eigenvalue weighted by Gasteiger charge is 2.38. The Morgan fingerprint density at radius 1 is 1.21 bits per heavy atom. The highest BCUT2D eigenvalue weighted by molar-refractivity contribution is 5.74. The number of rotatable bonds is 2. The molecule has 1 amide bonds. The van der Waals surface area contributed by atoms with Crippen LogP contribution in [0.25, 0.3) is 5.52 Å². The number of nitrogens with zero attached hydrogens (tertiary/aromatic N) is 4. The van der Waals surface area contributed by atoms with Gasteiger partial charge in [-0.1, -0.05) is 26.8 Å². The molecule has 2 fully saturated rings. The standard InChI is InChI=1S/C21H30N4O3/c1-21(2,3)19-14-23(8-9-24(19)20(26)27)18-12-22-25-13-16(4-5-17(18)25)15-6-10-28-11-7-15/h4-5,12-13,15,19H,6-11,14H2,1-3H3,(H,26,27). The molecule has 1 unspecified atom stereocenters. The van der Waals surface area contributed by atoms with Gasteiger partial charge in [0.15, 0.2) is 0 Å². The summed E-state index contributed by atoms with van der Waals surface area (Å²) in [6, 6.07) is 4.31. The van der Waals surface area contributed by atoms with Crippen LogP contribution in [0.2, 0.25) is 0 Å². The van der Waals surface area contributed by atoms with Gasteiger partial charge in [-0.15, -0.1) is 0 Å². The van der Waals surface area contributed by atoms with Crippen molar-refractivity contribution in [3.63, 3.8) is 0 Å². The van der Waals surface area contributed by atoms with E-state index in [0.29, 0.717) is 25.6 Å². The second kappa shape index (κ2) is 7.28. The minimum Gasteiger partial charge on any atom is -0.465 e. The van der Waals surface area contributed by atoms with Crippen LogP contribution in [0, 0.1) is 5.41 Å². The molecule has 2 aliphatic heterocycles. The normalized spacial score (nSPS) is 22.0. The van der Waals surface area contributed by atoms with Crippen molar-refractivity contribution in [2.45, 2.75) is 45.6 Å². The molecule has 0 spiro atoms. The SMILES string of the molecule is CC(C)(C)C1CN(c2cnn3cc(C4CCOCC4)ccc23)CCN1C(=O)O. The zero-order valence-electron chi connectivity index (χ0n) is 17.0. The van der Waals surface area contributed by atoms with Crippen LogP contribution in [-0.2, 0) is 4.74 Å². The Bertz CT molecular complexity index is 851. The van der Waals surface area contributed by atoms with E-state index >= 15 is 0 Å². The number of carbonyl (C=O) groups is 1. The van der Waals surface area contributed by atoms with Crippen LogP contribution in [0.15, 0.2) is 24.5 Å². The summed E-state index contributed by atoms with van der Waals surface area (Å²) in [7, 11) is 0. The van der Waals surface area contributed by atoms with Crippen molar-refractivity contribution in [3.05, 3.63) is 30.1 Å². The van der Waals surface area contributed by atoms with Gasteiger partial charge < -0.3 is 19.6 Å². The lowest BCUT2D eigenvalue weighted by atomic mass is 9.84. The molecule has 28 heavy (non-hydrogen) atoms. The zero-order chi connectivity index (χ0) is 19.9. The van der Waals surface area contributed by atoms with Crippen molar-refractivity contribution in [1.29, 1.82) is 0 Å². The molecule has 7 heteroatoms. The number of amides is 1. The molecule has 0 saturated carbocycles. The van der Waals surface area contributed by atoms with Crippen molar-refractivity contribution in [2.24, 2.45) is 5.41 Å². The third kappa shape index (κ3) is 3.55. The molecule has 2 saturated heterocycles. The summed E-state index contributed by atoms with van der Waals surface area (Å²) in [6.45, 7) is 9.84. The maximum absolute atomic E-state index is 11.7. The molecule has 4 rings (SSSR count). The van der Waals surface area contributed by atoms with Gasteiger partial charge in [-0.05, 0) is 35.8 Å². The minimum absolute atomic E-state index is 0.0600. The van der Waals surface area contributed by atoms with Crippen molar-refractivity contribution in [2.75, 3.05) is 37.7 Å². The van der Waals surface area contributed by atoms with Crippen LogP contribution >= 0.6 is 0 Å². The summed E-state index contributed by atoms with van der Waals surface area (Å²) in [5.74, 6) is 0.537. The lowest BCUT2D eigenvalue weighted by molar-refractivity contribution is 0.0749. The molecule has 1 N–H and O–H groups in total. The number of carboxylic acid groups (broad SMARTS) is 1. The van der Waals surface area contributed by atoms with E-state index < -0.39 is 6.09 Å². The molecule has 2 aliphatic rings. The number of fused-ring (bicyclic) bond motifs is 1. The van der Waals surface area contributed by atoms with E-state index in [-0.39, 0.29) is 11.5 Å². The van der Waals surface area contributed by atoms with Gasteiger partial charge >= 0.3 is 6.09 Å². The van der Waals surface area contributed by atoms with Gasteiger partial charge in [-0.25, -0.2) is 9.31 Å². The first-order valence-electron chi connectivity index (χ1n) is 10.1. The first-order chi connectivity index (χ1) is 13.3. The molecule has 0 bridgehead atoms. The summed E-state index contributed by atoms with van der Waals surface area (Å²) in [5, 5.41) is 14.2. The Morgan fingerprint density at radius 2 is 1.96 bits per heavy atom. The molecule has 0 radical (unpaired) electrons. The van der Waals surface area contributed by atoms with Crippen molar-refractivity contribution in [1.82, 2.24) is 14.5 Å². The van der Waals surface area contributed by atoms with E-state index in [4.69, 9.17) is 4.74 Å². The van der Waals surface area contributed by atoms with E-state index in [1.807, 2.05) is 10.7 Å². The topological polar surface area (TPSA) is 70.3 Å². The quantitative estimate of drug-likeness (QED) is 0.856. The molecule has 0 aromatic carbocycles. The summed E-state index contributed by atoms with van der Waals surface area (Å²) in [4.78, 5) is 15.6. The number of hydrogen-bond donors (Lipinski definition) is 1. The Balaban J connectivity index is 1.59. The first kappa shape index (κ1) is 19.1. The third-order valence-electron chi connectivity index (χ3n) is 6.18. The van der Waals surface area contributed by atoms with E-state index in [9.17, 15) is 9.90 Å². The number of hydrogen-bond acceptors (Lipinski definition) is 4. The Morgan fingerprint density at radius 3 is 2.64 bits per heavy atom. The van der Waals surface area contributed by atoms with Crippen molar-refractivity contribution >= 4 is 17.3 Å². The fourth-order valence-corrected chi connectivity index (χ4v) is 4.47. The monoisotopic (exact) mass is 386 g/mol. The average molecular weight is 386 g/mol. The maximum atomic E-state index is 11.7. The van der Waals surface area contributed by atoms with E-state index in [2.05, 4.69) is 49.1 Å². The zero-order valence-corrected chi connectivity index (χ0v) is 17.0. The Hall–Kier alpha value is -2.28. The van der Waals surface area contributed by atoms with Gasteiger partial charge in [0.2, 0.25) is 0 Å².